The van der Waals surface area contributed by atoms with Crippen LogP contribution in [0, 0.1) is 5.92 Å². The highest BCUT2D eigenvalue weighted by Crippen LogP contribution is 2.08. The number of aromatic nitrogens is 2. The van der Waals surface area contributed by atoms with Crippen LogP contribution in [0.4, 0.5) is 11.8 Å². The van der Waals surface area contributed by atoms with Crippen LogP contribution in [-0.4, -0.2) is 35.6 Å². The Morgan fingerprint density at radius 1 is 1.53 bits per heavy atom. The zero-order valence-corrected chi connectivity index (χ0v) is 10.3. The fourth-order valence-corrected chi connectivity index (χ4v) is 1.89. The van der Waals surface area contributed by atoms with Crippen molar-refractivity contribution >= 4 is 23.5 Å². The average molecular weight is 226 g/mol. The van der Waals surface area contributed by atoms with Crippen molar-refractivity contribution in [2.75, 3.05) is 36.2 Å². The van der Waals surface area contributed by atoms with Gasteiger partial charge < -0.3 is 10.6 Å². The van der Waals surface area contributed by atoms with Gasteiger partial charge in [-0.25, -0.2) is 4.98 Å². The highest BCUT2D eigenvalue weighted by molar-refractivity contribution is 7.98. The minimum Gasteiger partial charge on any atom is -0.370 e. The van der Waals surface area contributed by atoms with E-state index in [1.54, 1.807) is 6.20 Å². The molecule has 0 saturated carbocycles. The van der Waals surface area contributed by atoms with Crippen LogP contribution < -0.4 is 10.6 Å². The van der Waals surface area contributed by atoms with E-state index in [0.717, 1.165) is 18.1 Å². The Balaban J connectivity index is 2.43. The van der Waals surface area contributed by atoms with Crippen LogP contribution in [0.15, 0.2) is 12.3 Å². The fraction of sp³-hybridized carbons (Fsp3) is 0.600. The van der Waals surface area contributed by atoms with E-state index in [2.05, 4.69) is 33.8 Å². The number of hydrogen-bond donors (Lipinski definition) is 2. The van der Waals surface area contributed by atoms with E-state index in [-0.39, 0.29) is 0 Å². The standard InChI is InChI=1S/C10H18N4S/c1-8(7-15-3)6-13-9-4-5-12-10(11-2)14-9/h4-5,8H,6-7H2,1-3H3,(H2,11,12,13,14). The van der Waals surface area contributed by atoms with E-state index in [0.29, 0.717) is 11.9 Å². The molecule has 0 bridgehead atoms. The fourth-order valence-electron chi connectivity index (χ4n) is 1.20. The Bertz CT molecular complexity index is 293. The molecule has 84 valence electrons. The quantitative estimate of drug-likeness (QED) is 0.776. The Morgan fingerprint density at radius 2 is 2.33 bits per heavy atom. The van der Waals surface area contributed by atoms with Crippen molar-refractivity contribution in [3.05, 3.63) is 12.3 Å². The molecule has 0 aromatic carbocycles. The molecule has 0 radical (unpaired) electrons. The van der Waals surface area contributed by atoms with Crippen molar-refractivity contribution in [2.45, 2.75) is 6.92 Å². The zero-order chi connectivity index (χ0) is 11.1. The smallest absolute Gasteiger partial charge is 0.224 e. The predicted molar refractivity (Wildman–Crippen MR) is 67.6 cm³/mol. The normalized spacial score (nSPS) is 12.2. The highest BCUT2D eigenvalue weighted by Gasteiger charge is 2.01. The van der Waals surface area contributed by atoms with Crippen LogP contribution in [0.3, 0.4) is 0 Å². The third kappa shape index (κ3) is 4.38. The first-order valence-corrected chi connectivity index (χ1v) is 6.39. The summed E-state index contributed by atoms with van der Waals surface area (Å²) in [6.07, 6.45) is 3.88. The van der Waals surface area contributed by atoms with Crippen molar-refractivity contribution < 1.29 is 0 Å². The number of nitrogens with one attached hydrogen (secondary N) is 2. The lowest BCUT2D eigenvalue weighted by atomic mass is 10.2. The van der Waals surface area contributed by atoms with Crippen LogP contribution >= 0.6 is 11.8 Å². The second kappa shape index (κ2) is 6.50. The Hall–Kier alpha value is -0.970. The number of nitrogens with zero attached hydrogens (tertiary/aromatic N) is 2. The second-order valence-corrected chi connectivity index (χ2v) is 4.37. The summed E-state index contributed by atoms with van der Waals surface area (Å²) in [4.78, 5) is 8.34. The van der Waals surface area contributed by atoms with Gasteiger partial charge in [-0.15, -0.1) is 0 Å². The molecule has 1 rings (SSSR count). The molecule has 5 heteroatoms. The van der Waals surface area contributed by atoms with E-state index in [1.807, 2.05) is 24.9 Å². The Morgan fingerprint density at radius 3 is 3.00 bits per heavy atom. The third-order valence-electron chi connectivity index (χ3n) is 1.96. The lowest BCUT2D eigenvalue weighted by molar-refractivity contribution is 0.699. The molecule has 1 aromatic rings. The molecule has 0 aliphatic carbocycles. The molecule has 0 spiro atoms. The SMILES string of the molecule is CNc1nccc(NCC(C)CSC)n1. The molecule has 0 fully saturated rings. The Labute approximate surface area is 95.3 Å². The van der Waals surface area contributed by atoms with Gasteiger partial charge in [0.25, 0.3) is 0 Å². The maximum Gasteiger partial charge on any atom is 0.224 e. The summed E-state index contributed by atoms with van der Waals surface area (Å²) in [7, 11) is 1.81. The zero-order valence-electron chi connectivity index (χ0n) is 9.45. The van der Waals surface area contributed by atoms with Gasteiger partial charge in [-0.2, -0.15) is 16.7 Å². The third-order valence-corrected chi connectivity index (χ3v) is 2.86. The number of hydrogen-bond acceptors (Lipinski definition) is 5. The molecule has 1 heterocycles. The van der Waals surface area contributed by atoms with E-state index in [4.69, 9.17) is 0 Å². The van der Waals surface area contributed by atoms with Gasteiger partial charge in [0.2, 0.25) is 5.95 Å². The van der Waals surface area contributed by atoms with Crippen LogP contribution in [0.2, 0.25) is 0 Å². The number of rotatable bonds is 6. The van der Waals surface area contributed by atoms with Gasteiger partial charge in [0.1, 0.15) is 5.82 Å². The maximum atomic E-state index is 4.28. The summed E-state index contributed by atoms with van der Waals surface area (Å²) >= 11 is 1.87. The van der Waals surface area contributed by atoms with Gasteiger partial charge >= 0.3 is 0 Å². The van der Waals surface area contributed by atoms with E-state index < -0.39 is 0 Å². The van der Waals surface area contributed by atoms with E-state index in [1.165, 1.54) is 0 Å². The minimum absolute atomic E-state index is 0.646. The summed E-state index contributed by atoms with van der Waals surface area (Å²) < 4.78 is 0. The Kier molecular flexibility index (Phi) is 5.25. The molecule has 0 saturated heterocycles. The van der Waals surface area contributed by atoms with Crippen molar-refractivity contribution in [1.29, 1.82) is 0 Å². The summed E-state index contributed by atoms with van der Waals surface area (Å²) in [5, 5.41) is 6.21. The highest BCUT2D eigenvalue weighted by atomic mass is 32.2. The second-order valence-electron chi connectivity index (χ2n) is 3.46. The molecule has 15 heavy (non-hydrogen) atoms. The lowest BCUT2D eigenvalue weighted by Gasteiger charge is -2.11. The largest absolute Gasteiger partial charge is 0.370 e. The first kappa shape index (κ1) is 12.1. The molecule has 1 atom stereocenters. The minimum atomic E-state index is 0.646. The van der Waals surface area contributed by atoms with Crippen LogP contribution in [-0.2, 0) is 0 Å². The average Bonchev–Trinajstić information content (AvgIpc) is 2.27. The van der Waals surface area contributed by atoms with Crippen LogP contribution in [0.25, 0.3) is 0 Å². The van der Waals surface area contributed by atoms with Crippen LogP contribution in [0.1, 0.15) is 6.92 Å². The molecular formula is C10H18N4S. The maximum absolute atomic E-state index is 4.28. The van der Waals surface area contributed by atoms with E-state index >= 15 is 0 Å². The summed E-state index contributed by atoms with van der Waals surface area (Å²) in [6, 6.07) is 1.88. The molecule has 1 unspecified atom stereocenters. The number of thioether (sulfide) groups is 1. The van der Waals surface area contributed by atoms with Crippen molar-refractivity contribution in [3.8, 4) is 0 Å². The van der Waals surface area contributed by atoms with Crippen molar-refractivity contribution in [3.63, 3.8) is 0 Å². The summed E-state index contributed by atoms with van der Waals surface area (Å²) in [6.45, 7) is 3.17. The molecule has 1 aromatic heterocycles. The van der Waals surface area contributed by atoms with Gasteiger partial charge in [-0.1, -0.05) is 6.92 Å². The molecular weight excluding hydrogens is 208 g/mol. The van der Waals surface area contributed by atoms with Gasteiger partial charge in [-0.3, -0.25) is 0 Å². The lowest BCUT2D eigenvalue weighted by Crippen LogP contribution is -2.14. The van der Waals surface area contributed by atoms with Crippen LogP contribution in [0.5, 0.6) is 0 Å². The predicted octanol–water partition coefficient (Wildman–Crippen LogP) is 1.93. The molecule has 2 N–H and O–H groups in total. The van der Waals surface area contributed by atoms with E-state index in [9.17, 15) is 0 Å². The first-order chi connectivity index (χ1) is 7.26. The van der Waals surface area contributed by atoms with Crippen molar-refractivity contribution in [1.82, 2.24) is 9.97 Å². The topological polar surface area (TPSA) is 49.8 Å². The van der Waals surface area contributed by atoms with Gasteiger partial charge in [0.05, 0.1) is 0 Å². The molecule has 0 amide bonds. The first-order valence-electron chi connectivity index (χ1n) is 5.00. The summed E-state index contributed by atoms with van der Waals surface area (Å²) in [5.41, 5.74) is 0. The molecule has 0 aliphatic rings. The van der Waals surface area contributed by atoms with Crippen molar-refractivity contribution in [2.24, 2.45) is 5.92 Å². The molecule has 4 nitrogen and oxygen atoms in total. The summed E-state index contributed by atoms with van der Waals surface area (Å²) in [5.74, 6) is 3.34. The van der Waals surface area contributed by atoms with Gasteiger partial charge in [-0.05, 0) is 24.0 Å². The monoisotopic (exact) mass is 226 g/mol. The molecule has 0 aliphatic heterocycles. The van der Waals surface area contributed by atoms with Gasteiger partial charge in [0.15, 0.2) is 0 Å². The van der Waals surface area contributed by atoms with Gasteiger partial charge in [0, 0.05) is 19.8 Å². The number of anilines is 2.